The van der Waals surface area contributed by atoms with E-state index in [1.165, 1.54) is 64.2 Å². The third-order valence-corrected chi connectivity index (χ3v) is 7.46. The molecular weight excluding hydrogens is 555 g/mol. The maximum Gasteiger partial charge on any atom is 0.469 e. The first kappa shape index (κ1) is 40.5. The summed E-state index contributed by atoms with van der Waals surface area (Å²) in [6.45, 7) is 3.57. The summed E-state index contributed by atoms with van der Waals surface area (Å²) in [6.07, 6.45) is 30.6. The Morgan fingerprint density at radius 3 is 1.62 bits per heavy atom. The van der Waals surface area contributed by atoms with Crippen molar-refractivity contribution in [3.8, 4) is 0 Å². The van der Waals surface area contributed by atoms with Gasteiger partial charge < -0.3 is 19.3 Å². The highest BCUT2D eigenvalue weighted by molar-refractivity contribution is 7.46. The average Bonchev–Trinajstić information content (AvgIpc) is 2.95. The first-order valence-electron chi connectivity index (χ1n) is 16.6. The highest BCUT2D eigenvalue weighted by atomic mass is 31.2. The van der Waals surface area contributed by atoms with Crippen molar-refractivity contribution in [2.45, 2.75) is 161 Å². The lowest BCUT2D eigenvalue weighted by atomic mass is 10.1. The van der Waals surface area contributed by atoms with Gasteiger partial charge in [0.2, 0.25) is 0 Å². The van der Waals surface area contributed by atoms with Gasteiger partial charge in [0.25, 0.3) is 0 Å². The molecule has 0 radical (unpaired) electrons. The Kier molecular flexibility index (Phi) is 28.6. The number of phosphoric ester groups is 1. The van der Waals surface area contributed by atoms with Crippen molar-refractivity contribution in [2.24, 2.45) is 0 Å². The molecular formula is C33H61O8P. The molecule has 0 aromatic heterocycles. The van der Waals surface area contributed by atoms with Crippen LogP contribution in [0.5, 0.6) is 0 Å². The first-order valence-corrected chi connectivity index (χ1v) is 18.2. The van der Waals surface area contributed by atoms with E-state index in [0.29, 0.717) is 6.42 Å². The fourth-order valence-electron chi connectivity index (χ4n) is 4.46. The zero-order valence-electron chi connectivity index (χ0n) is 26.6. The Labute approximate surface area is 256 Å². The zero-order valence-corrected chi connectivity index (χ0v) is 27.5. The zero-order chi connectivity index (χ0) is 31.2. The smallest absolute Gasteiger partial charge is 0.462 e. The van der Waals surface area contributed by atoms with E-state index in [4.69, 9.17) is 19.3 Å². The summed E-state index contributed by atoms with van der Waals surface area (Å²) >= 11 is 0. The quantitative estimate of drug-likeness (QED) is 0.0355. The Morgan fingerprint density at radius 2 is 1.07 bits per heavy atom. The lowest BCUT2D eigenvalue weighted by Crippen LogP contribution is -2.29. The fraction of sp³-hybridized carbons (Fsp3) is 0.818. The number of esters is 2. The van der Waals surface area contributed by atoms with Gasteiger partial charge in [0.15, 0.2) is 6.10 Å². The molecule has 0 amide bonds. The molecule has 2 N–H and O–H groups in total. The van der Waals surface area contributed by atoms with Crippen LogP contribution in [-0.2, 0) is 28.2 Å². The van der Waals surface area contributed by atoms with E-state index in [2.05, 4.69) is 42.7 Å². The third kappa shape index (κ3) is 31.5. The largest absolute Gasteiger partial charge is 0.469 e. The molecule has 0 aliphatic heterocycles. The Hall–Kier alpha value is -1.47. The topological polar surface area (TPSA) is 119 Å². The van der Waals surface area contributed by atoms with Gasteiger partial charge in [0.05, 0.1) is 6.61 Å². The molecule has 246 valence electrons. The summed E-state index contributed by atoms with van der Waals surface area (Å²) in [7, 11) is -4.74. The second-order valence-electron chi connectivity index (χ2n) is 11.1. The van der Waals surface area contributed by atoms with Crippen molar-refractivity contribution in [1.82, 2.24) is 0 Å². The van der Waals surface area contributed by atoms with Crippen LogP contribution in [0.3, 0.4) is 0 Å². The molecule has 1 atom stereocenters. The molecule has 0 saturated heterocycles. The lowest BCUT2D eigenvalue weighted by molar-refractivity contribution is -0.161. The third-order valence-electron chi connectivity index (χ3n) is 6.97. The Bertz CT molecular complexity index is 746. The van der Waals surface area contributed by atoms with Gasteiger partial charge in [0.1, 0.15) is 6.61 Å². The Balaban J connectivity index is 3.94. The average molecular weight is 617 g/mol. The van der Waals surface area contributed by atoms with Crippen LogP contribution in [0.2, 0.25) is 0 Å². The normalized spacial score (nSPS) is 12.8. The van der Waals surface area contributed by atoms with Crippen molar-refractivity contribution in [2.75, 3.05) is 13.2 Å². The summed E-state index contributed by atoms with van der Waals surface area (Å²) in [5, 5.41) is 0. The van der Waals surface area contributed by atoms with Gasteiger partial charge >= 0.3 is 19.8 Å². The molecule has 0 aromatic carbocycles. The predicted molar refractivity (Wildman–Crippen MR) is 170 cm³/mol. The fourth-order valence-corrected chi connectivity index (χ4v) is 4.82. The summed E-state index contributed by atoms with van der Waals surface area (Å²) in [6, 6.07) is 0. The van der Waals surface area contributed by atoms with Gasteiger partial charge in [-0.25, -0.2) is 4.57 Å². The lowest BCUT2D eigenvalue weighted by Gasteiger charge is -2.18. The minimum Gasteiger partial charge on any atom is -0.462 e. The number of ether oxygens (including phenoxy) is 2. The van der Waals surface area contributed by atoms with Gasteiger partial charge in [-0.15, -0.1) is 0 Å². The Morgan fingerprint density at radius 1 is 0.619 bits per heavy atom. The van der Waals surface area contributed by atoms with Crippen LogP contribution in [-0.4, -0.2) is 41.0 Å². The van der Waals surface area contributed by atoms with E-state index >= 15 is 0 Å². The second kappa shape index (κ2) is 29.6. The highest BCUT2D eigenvalue weighted by Gasteiger charge is 2.22. The molecule has 0 heterocycles. The molecule has 0 aromatic rings. The number of hydrogen-bond donors (Lipinski definition) is 2. The van der Waals surface area contributed by atoms with Gasteiger partial charge in [-0.05, 0) is 44.9 Å². The molecule has 8 nitrogen and oxygen atoms in total. The number of rotatable bonds is 30. The van der Waals surface area contributed by atoms with Crippen LogP contribution < -0.4 is 0 Å². The molecule has 0 unspecified atom stereocenters. The van der Waals surface area contributed by atoms with Crippen LogP contribution in [0.25, 0.3) is 0 Å². The molecule has 9 heteroatoms. The van der Waals surface area contributed by atoms with E-state index in [9.17, 15) is 14.2 Å². The van der Waals surface area contributed by atoms with E-state index in [-0.39, 0.29) is 19.4 Å². The van der Waals surface area contributed by atoms with Crippen molar-refractivity contribution < 1.29 is 37.9 Å². The van der Waals surface area contributed by atoms with Crippen molar-refractivity contribution in [3.05, 3.63) is 24.3 Å². The van der Waals surface area contributed by atoms with E-state index in [0.717, 1.165) is 57.8 Å². The predicted octanol–water partition coefficient (Wildman–Crippen LogP) is 9.29. The maximum atomic E-state index is 12.2. The van der Waals surface area contributed by atoms with Crippen LogP contribution in [0.15, 0.2) is 24.3 Å². The maximum absolute atomic E-state index is 12.2. The summed E-state index contributed by atoms with van der Waals surface area (Å²) in [4.78, 5) is 42.3. The molecule has 0 spiro atoms. The summed E-state index contributed by atoms with van der Waals surface area (Å²) in [5.41, 5.74) is 0. The van der Waals surface area contributed by atoms with E-state index in [1.807, 2.05) is 0 Å². The molecule has 0 aliphatic carbocycles. The van der Waals surface area contributed by atoms with Gasteiger partial charge in [-0.1, -0.05) is 122 Å². The van der Waals surface area contributed by atoms with Gasteiger partial charge in [0, 0.05) is 12.8 Å². The summed E-state index contributed by atoms with van der Waals surface area (Å²) < 4.78 is 26.1. The first-order chi connectivity index (χ1) is 20.3. The van der Waals surface area contributed by atoms with E-state index in [1.54, 1.807) is 0 Å². The van der Waals surface area contributed by atoms with Gasteiger partial charge in [-0.3, -0.25) is 14.1 Å². The number of phosphoric acid groups is 1. The monoisotopic (exact) mass is 616 g/mol. The summed E-state index contributed by atoms with van der Waals surface area (Å²) in [5.74, 6) is -0.901. The van der Waals surface area contributed by atoms with Gasteiger partial charge in [-0.2, -0.15) is 0 Å². The molecule has 0 bridgehead atoms. The minimum atomic E-state index is -4.74. The number of carbonyl (C=O) groups is 2. The number of unbranched alkanes of at least 4 members (excludes halogenated alkanes) is 16. The highest BCUT2D eigenvalue weighted by Crippen LogP contribution is 2.35. The van der Waals surface area contributed by atoms with Crippen molar-refractivity contribution in [3.63, 3.8) is 0 Å². The molecule has 0 aliphatic rings. The second-order valence-corrected chi connectivity index (χ2v) is 12.4. The van der Waals surface area contributed by atoms with E-state index < -0.39 is 32.5 Å². The molecule has 0 fully saturated rings. The van der Waals surface area contributed by atoms with Crippen LogP contribution in [0.1, 0.15) is 155 Å². The number of hydrogen-bond acceptors (Lipinski definition) is 6. The SMILES string of the molecule is CCCCC/C=C/C/C=C/CCCCCCCCCC(=O)OC[C@H](COP(=O)(O)O)OC(=O)CCCCCCCCC. The molecule has 42 heavy (non-hydrogen) atoms. The van der Waals surface area contributed by atoms with Crippen LogP contribution >= 0.6 is 7.82 Å². The van der Waals surface area contributed by atoms with Crippen LogP contribution in [0.4, 0.5) is 0 Å². The minimum absolute atomic E-state index is 0.210. The molecule has 0 rings (SSSR count). The standard InChI is InChI=1S/C33H61O8P/c1-3-5-7-9-11-12-13-14-15-16-17-18-19-20-22-23-25-27-32(34)39-29-31(30-40-42(36,37)38)41-33(35)28-26-24-21-10-8-6-4-2/h11-12,14-15,31H,3-10,13,16-30H2,1-2H3,(H2,36,37,38)/b12-11+,15-14+/t31-/m1/s1. The number of allylic oxidation sites excluding steroid dienone is 4. The van der Waals surface area contributed by atoms with Crippen molar-refractivity contribution in [1.29, 1.82) is 0 Å². The van der Waals surface area contributed by atoms with Crippen LogP contribution in [0, 0.1) is 0 Å². The van der Waals surface area contributed by atoms with Crippen molar-refractivity contribution >= 4 is 19.8 Å². The number of carbonyl (C=O) groups excluding carboxylic acids is 2. The molecule has 0 saturated carbocycles.